The van der Waals surface area contributed by atoms with Crippen molar-refractivity contribution in [2.75, 3.05) is 26.3 Å². The van der Waals surface area contributed by atoms with Crippen LogP contribution in [0.15, 0.2) is 5.11 Å². The maximum atomic E-state index is 11.7. The monoisotopic (exact) mass is 248 g/mol. The molecule has 1 N–H and O–H groups in total. The highest BCUT2D eigenvalue weighted by Gasteiger charge is 2.26. The lowest BCUT2D eigenvalue weighted by molar-refractivity contribution is 0.0981. The van der Waals surface area contributed by atoms with Crippen LogP contribution in [0.3, 0.4) is 0 Å². The Morgan fingerprint density at radius 1 is 1.44 bits per heavy atom. The predicted octanol–water partition coefficient (Wildman–Crippen LogP) is 0.785. The fraction of sp³-hybridized carbons (Fsp3) is 1.00. The molecule has 0 spiro atoms. The lowest BCUT2D eigenvalue weighted by Gasteiger charge is -2.22. The molecule has 1 fully saturated rings. The molecule has 0 aliphatic carbocycles. The van der Waals surface area contributed by atoms with E-state index < -0.39 is 10.0 Å². The van der Waals surface area contributed by atoms with Gasteiger partial charge in [-0.1, -0.05) is 5.11 Å². The van der Waals surface area contributed by atoms with Gasteiger partial charge in [0.05, 0.1) is 5.25 Å². The number of hydrogen-bond donors (Lipinski definition) is 1. The van der Waals surface area contributed by atoms with Crippen LogP contribution in [-0.2, 0) is 14.8 Å². The third kappa shape index (κ3) is 4.36. The molecule has 0 bridgehead atoms. The van der Waals surface area contributed by atoms with E-state index in [2.05, 4.69) is 14.7 Å². The lowest BCUT2D eigenvalue weighted by atomic mass is 10.2. The molecule has 8 heteroatoms. The van der Waals surface area contributed by atoms with Gasteiger partial charge in [0.1, 0.15) is 0 Å². The highest BCUT2D eigenvalue weighted by molar-refractivity contribution is 7.90. The molecule has 16 heavy (non-hydrogen) atoms. The first kappa shape index (κ1) is 13.2. The number of nitrogens with zero attached hydrogens (tertiary/aromatic N) is 3. The Labute approximate surface area is 94.8 Å². The summed E-state index contributed by atoms with van der Waals surface area (Å²) in [6.07, 6.45) is 1.61. The summed E-state index contributed by atoms with van der Waals surface area (Å²) in [7, 11) is -3.24. The number of sulfonamides is 1. The molecule has 1 heterocycles. The molecule has 1 aliphatic rings. The third-order valence-corrected chi connectivity index (χ3v) is 4.36. The van der Waals surface area contributed by atoms with Gasteiger partial charge in [-0.2, -0.15) is 0 Å². The molecular weight excluding hydrogens is 232 g/mol. The van der Waals surface area contributed by atoms with E-state index in [0.29, 0.717) is 45.6 Å². The van der Waals surface area contributed by atoms with E-state index in [9.17, 15) is 8.42 Å². The maximum absolute atomic E-state index is 11.7. The minimum absolute atomic E-state index is 0.312. The van der Waals surface area contributed by atoms with Crippen LogP contribution in [0.5, 0.6) is 0 Å². The number of ether oxygens (including phenoxy) is 1. The van der Waals surface area contributed by atoms with E-state index in [-0.39, 0.29) is 5.25 Å². The SMILES string of the molecule is [N-]=[N+]=NCCCNS(=O)(=O)C1CCOCC1. The summed E-state index contributed by atoms with van der Waals surface area (Å²) in [6.45, 7) is 1.64. The van der Waals surface area contributed by atoms with Crippen molar-refractivity contribution < 1.29 is 13.2 Å². The van der Waals surface area contributed by atoms with Gasteiger partial charge in [-0.15, -0.1) is 0 Å². The Morgan fingerprint density at radius 2 is 2.12 bits per heavy atom. The molecule has 0 atom stereocenters. The second kappa shape index (κ2) is 6.70. The quantitative estimate of drug-likeness (QED) is 0.325. The largest absolute Gasteiger partial charge is 0.381 e. The van der Waals surface area contributed by atoms with Gasteiger partial charge in [0.15, 0.2) is 0 Å². The second-order valence-corrected chi connectivity index (χ2v) is 5.60. The van der Waals surface area contributed by atoms with Gasteiger partial charge in [0.2, 0.25) is 10.0 Å². The van der Waals surface area contributed by atoms with Gasteiger partial charge in [0, 0.05) is 31.2 Å². The van der Waals surface area contributed by atoms with Crippen molar-refractivity contribution in [2.45, 2.75) is 24.5 Å². The average Bonchev–Trinajstić information content (AvgIpc) is 2.30. The van der Waals surface area contributed by atoms with E-state index in [1.807, 2.05) is 0 Å². The van der Waals surface area contributed by atoms with Gasteiger partial charge in [-0.25, -0.2) is 13.1 Å². The lowest BCUT2D eigenvalue weighted by Crippen LogP contribution is -2.38. The summed E-state index contributed by atoms with van der Waals surface area (Å²) in [4.78, 5) is 2.59. The zero-order valence-electron chi connectivity index (χ0n) is 9.00. The Kier molecular flexibility index (Phi) is 5.54. The normalized spacial score (nSPS) is 18.0. The molecule has 92 valence electrons. The summed E-state index contributed by atoms with van der Waals surface area (Å²) >= 11 is 0. The van der Waals surface area contributed by atoms with E-state index >= 15 is 0 Å². The highest BCUT2D eigenvalue weighted by Crippen LogP contribution is 2.14. The van der Waals surface area contributed by atoms with Gasteiger partial charge in [-0.05, 0) is 24.8 Å². The van der Waals surface area contributed by atoms with Crippen LogP contribution in [0.2, 0.25) is 0 Å². The number of rotatable bonds is 6. The number of nitrogens with one attached hydrogen (secondary N) is 1. The van der Waals surface area contributed by atoms with Crippen LogP contribution in [0, 0.1) is 0 Å². The van der Waals surface area contributed by atoms with Gasteiger partial charge in [-0.3, -0.25) is 0 Å². The second-order valence-electron chi connectivity index (χ2n) is 3.56. The van der Waals surface area contributed by atoms with Gasteiger partial charge >= 0.3 is 0 Å². The smallest absolute Gasteiger partial charge is 0.214 e. The Hall–Kier alpha value is -0.820. The predicted molar refractivity (Wildman–Crippen MR) is 59.4 cm³/mol. The Morgan fingerprint density at radius 3 is 2.75 bits per heavy atom. The minimum Gasteiger partial charge on any atom is -0.381 e. The number of azide groups is 1. The van der Waals surface area contributed by atoms with Crippen molar-refractivity contribution in [1.29, 1.82) is 0 Å². The topological polar surface area (TPSA) is 104 Å². The molecule has 0 aromatic carbocycles. The van der Waals surface area contributed by atoms with E-state index in [4.69, 9.17) is 10.3 Å². The molecule has 7 nitrogen and oxygen atoms in total. The van der Waals surface area contributed by atoms with Crippen LogP contribution in [0.1, 0.15) is 19.3 Å². The van der Waals surface area contributed by atoms with Gasteiger partial charge in [0.25, 0.3) is 0 Å². The molecule has 0 amide bonds. The summed E-state index contributed by atoms with van der Waals surface area (Å²) < 4.78 is 31.1. The first-order valence-electron chi connectivity index (χ1n) is 5.24. The summed E-state index contributed by atoms with van der Waals surface area (Å²) in [5.41, 5.74) is 8.04. The van der Waals surface area contributed by atoms with Crippen LogP contribution in [-0.4, -0.2) is 40.0 Å². The van der Waals surface area contributed by atoms with Crippen LogP contribution in [0.4, 0.5) is 0 Å². The Balaban J connectivity index is 2.30. The van der Waals surface area contributed by atoms with Crippen molar-refractivity contribution in [3.8, 4) is 0 Å². The average molecular weight is 248 g/mol. The van der Waals surface area contributed by atoms with Crippen molar-refractivity contribution >= 4 is 10.0 Å². The van der Waals surface area contributed by atoms with Crippen molar-refractivity contribution in [3.05, 3.63) is 10.4 Å². The van der Waals surface area contributed by atoms with Crippen molar-refractivity contribution in [1.82, 2.24) is 4.72 Å². The summed E-state index contributed by atoms with van der Waals surface area (Å²) in [5, 5.41) is 2.98. The van der Waals surface area contributed by atoms with Gasteiger partial charge < -0.3 is 4.74 Å². The molecule has 0 aromatic heterocycles. The first-order valence-corrected chi connectivity index (χ1v) is 6.78. The molecule has 1 aliphatic heterocycles. The van der Waals surface area contributed by atoms with E-state index in [1.165, 1.54) is 0 Å². The molecule has 1 saturated heterocycles. The molecule has 0 radical (unpaired) electrons. The van der Waals surface area contributed by atoms with Crippen LogP contribution < -0.4 is 4.72 Å². The fourth-order valence-corrected chi connectivity index (χ4v) is 2.99. The molecule has 0 unspecified atom stereocenters. The molecule has 0 saturated carbocycles. The molecule has 0 aromatic rings. The highest BCUT2D eigenvalue weighted by atomic mass is 32.2. The van der Waals surface area contributed by atoms with Crippen molar-refractivity contribution in [3.63, 3.8) is 0 Å². The first-order chi connectivity index (χ1) is 7.67. The van der Waals surface area contributed by atoms with Crippen LogP contribution in [0.25, 0.3) is 10.4 Å². The summed E-state index contributed by atoms with van der Waals surface area (Å²) in [5.74, 6) is 0. The van der Waals surface area contributed by atoms with E-state index in [0.717, 1.165) is 0 Å². The summed E-state index contributed by atoms with van der Waals surface area (Å²) in [6, 6.07) is 0. The Bertz CT molecular complexity index is 344. The van der Waals surface area contributed by atoms with Crippen molar-refractivity contribution in [2.24, 2.45) is 5.11 Å². The standard InChI is InChI=1S/C8H16N4O3S/c9-12-10-4-1-5-11-16(13,14)8-2-6-15-7-3-8/h8,11H,1-7H2. The zero-order valence-corrected chi connectivity index (χ0v) is 9.82. The number of hydrogen-bond acceptors (Lipinski definition) is 4. The molecule has 1 rings (SSSR count). The third-order valence-electron chi connectivity index (χ3n) is 2.41. The van der Waals surface area contributed by atoms with Crippen LogP contribution >= 0.6 is 0 Å². The van der Waals surface area contributed by atoms with E-state index in [1.54, 1.807) is 0 Å². The maximum Gasteiger partial charge on any atom is 0.214 e. The fourth-order valence-electron chi connectivity index (χ4n) is 1.51. The molecular formula is C8H16N4O3S. The zero-order chi connectivity index (χ0) is 11.9. The minimum atomic E-state index is -3.24.